The summed E-state index contributed by atoms with van der Waals surface area (Å²) in [6.45, 7) is 7.24. The zero-order valence-electron chi connectivity index (χ0n) is 11.2. The summed E-state index contributed by atoms with van der Waals surface area (Å²) in [6, 6.07) is 8.25. The fraction of sp³-hybridized carbons (Fsp3) is 0.571. The minimum Gasteiger partial charge on any atom is -0.493 e. The zero-order valence-corrected chi connectivity index (χ0v) is 11.2. The molecular weight excluding hydrogens is 214 g/mol. The van der Waals surface area contributed by atoms with E-state index in [4.69, 9.17) is 9.47 Å². The Morgan fingerprint density at radius 1 is 1.18 bits per heavy atom. The van der Waals surface area contributed by atoms with Gasteiger partial charge in [0.1, 0.15) is 6.10 Å². The van der Waals surface area contributed by atoms with Gasteiger partial charge in [0.2, 0.25) is 0 Å². The summed E-state index contributed by atoms with van der Waals surface area (Å²) < 4.78 is 11.1. The van der Waals surface area contributed by atoms with Crippen molar-refractivity contribution in [3.05, 3.63) is 24.3 Å². The van der Waals surface area contributed by atoms with Crippen molar-refractivity contribution in [2.45, 2.75) is 39.3 Å². The third kappa shape index (κ3) is 4.65. The molecule has 2 unspecified atom stereocenters. The number of hydrogen-bond donors (Lipinski definition) is 1. The highest BCUT2D eigenvalue weighted by Crippen LogP contribution is 2.26. The number of para-hydroxylation sites is 2. The molecule has 0 fully saturated rings. The maximum absolute atomic E-state index is 5.84. The van der Waals surface area contributed by atoms with Crippen molar-refractivity contribution in [2.24, 2.45) is 0 Å². The van der Waals surface area contributed by atoms with Crippen molar-refractivity contribution in [3.63, 3.8) is 0 Å². The van der Waals surface area contributed by atoms with E-state index >= 15 is 0 Å². The normalized spacial score (nSPS) is 14.1. The van der Waals surface area contributed by atoms with Crippen LogP contribution in [-0.2, 0) is 0 Å². The maximum Gasteiger partial charge on any atom is 0.161 e. The van der Waals surface area contributed by atoms with Gasteiger partial charge in [0.15, 0.2) is 11.5 Å². The van der Waals surface area contributed by atoms with Gasteiger partial charge in [0.25, 0.3) is 0 Å². The number of rotatable bonds is 7. The highest BCUT2D eigenvalue weighted by Gasteiger charge is 2.09. The fourth-order valence-electron chi connectivity index (χ4n) is 1.49. The third-order valence-corrected chi connectivity index (χ3v) is 2.76. The van der Waals surface area contributed by atoms with Crippen LogP contribution in [0.1, 0.15) is 27.2 Å². The lowest BCUT2D eigenvalue weighted by Crippen LogP contribution is -2.34. The van der Waals surface area contributed by atoms with Crippen LogP contribution < -0.4 is 14.8 Å². The second-order valence-corrected chi connectivity index (χ2v) is 4.30. The Morgan fingerprint density at radius 3 is 2.41 bits per heavy atom. The van der Waals surface area contributed by atoms with Gasteiger partial charge in [-0.15, -0.1) is 0 Å². The van der Waals surface area contributed by atoms with Crippen LogP contribution in [0.4, 0.5) is 0 Å². The predicted octanol–water partition coefficient (Wildman–Crippen LogP) is 2.85. The first kappa shape index (κ1) is 13.8. The van der Waals surface area contributed by atoms with E-state index < -0.39 is 0 Å². The summed E-state index contributed by atoms with van der Waals surface area (Å²) in [4.78, 5) is 0. The third-order valence-electron chi connectivity index (χ3n) is 2.76. The summed E-state index contributed by atoms with van der Waals surface area (Å²) in [5.41, 5.74) is 0. The molecule has 0 aliphatic heterocycles. The van der Waals surface area contributed by atoms with E-state index in [0.717, 1.165) is 24.5 Å². The van der Waals surface area contributed by atoms with Gasteiger partial charge in [0.05, 0.1) is 7.11 Å². The van der Waals surface area contributed by atoms with Gasteiger partial charge in [-0.2, -0.15) is 0 Å². The smallest absolute Gasteiger partial charge is 0.161 e. The SMILES string of the molecule is CCC(C)NCC(C)Oc1ccccc1OC. The molecule has 17 heavy (non-hydrogen) atoms. The van der Waals surface area contributed by atoms with Gasteiger partial charge in [-0.25, -0.2) is 0 Å². The Hall–Kier alpha value is -1.22. The van der Waals surface area contributed by atoms with E-state index in [2.05, 4.69) is 26.1 Å². The van der Waals surface area contributed by atoms with Crippen LogP contribution in [-0.4, -0.2) is 25.8 Å². The Morgan fingerprint density at radius 2 is 1.82 bits per heavy atom. The van der Waals surface area contributed by atoms with Crippen LogP contribution in [0.2, 0.25) is 0 Å². The topological polar surface area (TPSA) is 30.5 Å². The number of nitrogens with one attached hydrogen (secondary N) is 1. The lowest BCUT2D eigenvalue weighted by atomic mass is 10.2. The molecule has 0 aliphatic carbocycles. The van der Waals surface area contributed by atoms with E-state index in [1.807, 2.05) is 24.3 Å². The summed E-state index contributed by atoms with van der Waals surface area (Å²) in [7, 11) is 1.66. The predicted molar refractivity (Wildman–Crippen MR) is 70.8 cm³/mol. The Kier molecular flexibility index (Phi) is 5.84. The first-order valence-electron chi connectivity index (χ1n) is 6.20. The largest absolute Gasteiger partial charge is 0.493 e. The van der Waals surface area contributed by atoms with Crippen LogP contribution in [0.25, 0.3) is 0 Å². The number of hydrogen-bond acceptors (Lipinski definition) is 3. The lowest BCUT2D eigenvalue weighted by molar-refractivity contribution is 0.203. The molecule has 0 amide bonds. The quantitative estimate of drug-likeness (QED) is 0.791. The number of ether oxygens (including phenoxy) is 2. The molecule has 0 bridgehead atoms. The molecule has 0 saturated carbocycles. The van der Waals surface area contributed by atoms with Gasteiger partial charge >= 0.3 is 0 Å². The van der Waals surface area contributed by atoms with Crippen molar-refractivity contribution in [3.8, 4) is 11.5 Å². The van der Waals surface area contributed by atoms with E-state index in [-0.39, 0.29) is 6.10 Å². The molecule has 0 aliphatic rings. The van der Waals surface area contributed by atoms with Gasteiger partial charge < -0.3 is 14.8 Å². The average molecular weight is 237 g/mol. The Labute approximate surface area is 104 Å². The van der Waals surface area contributed by atoms with E-state index in [1.54, 1.807) is 7.11 Å². The van der Waals surface area contributed by atoms with Gasteiger partial charge in [-0.1, -0.05) is 19.1 Å². The van der Waals surface area contributed by atoms with Crippen LogP contribution >= 0.6 is 0 Å². The van der Waals surface area contributed by atoms with Gasteiger partial charge in [-0.3, -0.25) is 0 Å². The van der Waals surface area contributed by atoms with E-state index in [1.165, 1.54) is 0 Å². The molecule has 0 radical (unpaired) electrons. The molecule has 0 aromatic heterocycles. The summed E-state index contributed by atoms with van der Waals surface area (Å²) in [5, 5.41) is 3.42. The van der Waals surface area contributed by atoms with Crippen LogP contribution in [0.5, 0.6) is 11.5 Å². The van der Waals surface area contributed by atoms with Crippen LogP contribution in [0, 0.1) is 0 Å². The molecule has 3 heteroatoms. The molecule has 1 aromatic carbocycles. The molecule has 3 nitrogen and oxygen atoms in total. The molecule has 0 heterocycles. The van der Waals surface area contributed by atoms with E-state index in [9.17, 15) is 0 Å². The maximum atomic E-state index is 5.84. The zero-order chi connectivity index (χ0) is 12.7. The van der Waals surface area contributed by atoms with Gasteiger partial charge in [-0.05, 0) is 32.4 Å². The number of methoxy groups -OCH3 is 1. The molecular formula is C14H23NO2. The standard InChI is InChI=1S/C14H23NO2/c1-5-11(2)15-10-12(3)17-14-9-7-6-8-13(14)16-4/h6-9,11-12,15H,5,10H2,1-4H3. The Bertz CT molecular complexity index is 328. The molecule has 1 N–H and O–H groups in total. The molecule has 1 rings (SSSR count). The van der Waals surface area contributed by atoms with Gasteiger partial charge in [0, 0.05) is 12.6 Å². The van der Waals surface area contributed by atoms with Crippen molar-refractivity contribution >= 4 is 0 Å². The van der Waals surface area contributed by atoms with Crippen molar-refractivity contribution in [1.82, 2.24) is 5.32 Å². The minimum absolute atomic E-state index is 0.125. The van der Waals surface area contributed by atoms with Crippen molar-refractivity contribution in [2.75, 3.05) is 13.7 Å². The van der Waals surface area contributed by atoms with Crippen LogP contribution in [0.15, 0.2) is 24.3 Å². The molecule has 1 aromatic rings. The summed E-state index contributed by atoms with van der Waals surface area (Å²) >= 11 is 0. The highest BCUT2D eigenvalue weighted by atomic mass is 16.5. The average Bonchev–Trinajstić information content (AvgIpc) is 2.36. The Balaban J connectivity index is 2.47. The highest BCUT2D eigenvalue weighted by molar-refractivity contribution is 5.39. The fourth-order valence-corrected chi connectivity index (χ4v) is 1.49. The first-order valence-corrected chi connectivity index (χ1v) is 6.20. The monoisotopic (exact) mass is 237 g/mol. The van der Waals surface area contributed by atoms with Crippen molar-refractivity contribution in [1.29, 1.82) is 0 Å². The van der Waals surface area contributed by atoms with Crippen molar-refractivity contribution < 1.29 is 9.47 Å². The molecule has 0 spiro atoms. The summed E-state index contributed by atoms with van der Waals surface area (Å²) in [6.07, 6.45) is 1.25. The second-order valence-electron chi connectivity index (χ2n) is 4.30. The second kappa shape index (κ2) is 7.17. The lowest BCUT2D eigenvalue weighted by Gasteiger charge is -2.19. The first-order chi connectivity index (χ1) is 8.17. The van der Waals surface area contributed by atoms with E-state index in [0.29, 0.717) is 6.04 Å². The minimum atomic E-state index is 0.125. The van der Waals surface area contributed by atoms with Crippen LogP contribution in [0.3, 0.4) is 0 Å². The molecule has 0 saturated heterocycles. The molecule has 2 atom stereocenters. The summed E-state index contributed by atoms with van der Waals surface area (Å²) in [5.74, 6) is 1.58. The number of benzene rings is 1. The molecule has 96 valence electrons.